The average Bonchev–Trinajstić information content (AvgIpc) is 3.34. The standard InChI is InChI=1S/C27H29ClN4O2/c1-19-17-32(18-20(2)34-19)26-12-9-24(27(33)29-13-3-4-22-15-30-31-16-22)14-23(26)8-5-21-6-10-25(28)11-7-21/h6-7,9-12,14-16,19-20H,3-4,13,17-18H2,1-2H3,(H,29,33)(H,30,31)/t19-,20+. The van der Waals surface area contributed by atoms with E-state index in [1.807, 2.05) is 48.7 Å². The van der Waals surface area contributed by atoms with Gasteiger partial charge in [-0.05, 0) is 74.7 Å². The molecule has 0 radical (unpaired) electrons. The molecule has 34 heavy (non-hydrogen) atoms. The van der Waals surface area contributed by atoms with Crippen molar-refractivity contribution in [3.05, 3.63) is 82.1 Å². The first kappa shape index (κ1) is 23.9. The molecule has 1 aliphatic heterocycles. The van der Waals surface area contributed by atoms with E-state index in [0.717, 1.165) is 48.3 Å². The number of benzene rings is 2. The van der Waals surface area contributed by atoms with Gasteiger partial charge in [0.25, 0.3) is 5.91 Å². The highest BCUT2D eigenvalue weighted by molar-refractivity contribution is 6.30. The normalized spacial score (nSPS) is 17.7. The Bertz CT molecular complexity index is 1160. The Morgan fingerprint density at radius 2 is 1.94 bits per heavy atom. The molecule has 6 nitrogen and oxygen atoms in total. The molecule has 0 unspecified atom stereocenters. The predicted octanol–water partition coefficient (Wildman–Crippen LogP) is 4.44. The number of halogens is 1. The number of nitrogens with one attached hydrogen (secondary N) is 2. The Morgan fingerprint density at radius 3 is 2.65 bits per heavy atom. The molecular formula is C27H29ClN4O2. The summed E-state index contributed by atoms with van der Waals surface area (Å²) in [6.45, 7) is 6.30. The average molecular weight is 477 g/mol. The second-order valence-electron chi connectivity index (χ2n) is 8.62. The monoisotopic (exact) mass is 476 g/mol. The van der Waals surface area contributed by atoms with Crippen LogP contribution in [0.4, 0.5) is 5.69 Å². The van der Waals surface area contributed by atoms with Crippen LogP contribution in [0.3, 0.4) is 0 Å². The number of hydrogen-bond acceptors (Lipinski definition) is 4. The molecule has 2 aromatic carbocycles. The lowest BCUT2D eigenvalue weighted by atomic mass is 10.0. The zero-order valence-electron chi connectivity index (χ0n) is 19.5. The number of aryl methyl sites for hydroxylation is 1. The van der Waals surface area contributed by atoms with E-state index in [2.05, 4.69) is 46.1 Å². The van der Waals surface area contributed by atoms with Crippen molar-refractivity contribution >= 4 is 23.2 Å². The second-order valence-corrected chi connectivity index (χ2v) is 9.05. The van der Waals surface area contributed by atoms with Gasteiger partial charge in [0.2, 0.25) is 0 Å². The lowest BCUT2D eigenvalue weighted by Gasteiger charge is -2.37. The lowest BCUT2D eigenvalue weighted by molar-refractivity contribution is -0.00523. The molecule has 1 fully saturated rings. The minimum absolute atomic E-state index is 0.1000. The van der Waals surface area contributed by atoms with Gasteiger partial charge < -0.3 is 15.0 Å². The van der Waals surface area contributed by atoms with Crippen LogP contribution in [0.2, 0.25) is 5.02 Å². The number of hydrogen-bond donors (Lipinski definition) is 2. The molecular weight excluding hydrogens is 448 g/mol. The van der Waals surface area contributed by atoms with Crippen LogP contribution in [0, 0.1) is 11.8 Å². The maximum absolute atomic E-state index is 12.8. The first-order valence-corrected chi connectivity index (χ1v) is 11.9. The molecule has 2 heterocycles. The fourth-order valence-electron chi connectivity index (χ4n) is 4.11. The molecule has 1 aromatic heterocycles. The molecule has 176 valence electrons. The lowest BCUT2D eigenvalue weighted by Crippen LogP contribution is -2.45. The van der Waals surface area contributed by atoms with Crippen molar-refractivity contribution in [3.63, 3.8) is 0 Å². The van der Waals surface area contributed by atoms with E-state index in [1.165, 1.54) is 0 Å². The summed E-state index contributed by atoms with van der Waals surface area (Å²) in [5, 5.41) is 10.4. The quantitative estimate of drug-likeness (QED) is 0.407. The number of morpholine rings is 1. The number of aromatic nitrogens is 2. The predicted molar refractivity (Wildman–Crippen MR) is 135 cm³/mol. The van der Waals surface area contributed by atoms with E-state index in [9.17, 15) is 4.79 Å². The number of carbonyl (C=O) groups is 1. The molecule has 2 N–H and O–H groups in total. The van der Waals surface area contributed by atoms with Crippen LogP contribution in [0.1, 0.15) is 47.3 Å². The van der Waals surface area contributed by atoms with Gasteiger partial charge in [-0.1, -0.05) is 23.4 Å². The van der Waals surface area contributed by atoms with E-state index >= 15 is 0 Å². The molecule has 3 aromatic rings. The minimum atomic E-state index is -0.1000. The first-order valence-electron chi connectivity index (χ1n) is 11.6. The van der Waals surface area contributed by atoms with Crippen molar-refractivity contribution in [1.82, 2.24) is 15.5 Å². The van der Waals surface area contributed by atoms with Gasteiger partial charge in [-0.2, -0.15) is 5.10 Å². The Kier molecular flexibility index (Phi) is 7.89. The molecule has 4 rings (SSSR count). The van der Waals surface area contributed by atoms with Gasteiger partial charge >= 0.3 is 0 Å². The smallest absolute Gasteiger partial charge is 0.251 e. The number of nitrogens with zero attached hydrogens (tertiary/aromatic N) is 2. The fraction of sp³-hybridized carbons (Fsp3) is 0.333. The van der Waals surface area contributed by atoms with Gasteiger partial charge in [-0.15, -0.1) is 0 Å². The van der Waals surface area contributed by atoms with Gasteiger partial charge in [0.1, 0.15) is 0 Å². The van der Waals surface area contributed by atoms with Crippen LogP contribution in [0.15, 0.2) is 54.9 Å². The number of H-pyrrole nitrogens is 1. The third kappa shape index (κ3) is 6.40. The largest absolute Gasteiger partial charge is 0.372 e. The van der Waals surface area contributed by atoms with Crippen molar-refractivity contribution < 1.29 is 9.53 Å². The van der Waals surface area contributed by atoms with Gasteiger partial charge in [0.15, 0.2) is 0 Å². The van der Waals surface area contributed by atoms with Gasteiger partial charge in [-0.3, -0.25) is 9.89 Å². The molecule has 1 amide bonds. The highest BCUT2D eigenvalue weighted by atomic mass is 35.5. The molecule has 1 aliphatic rings. The summed E-state index contributed by atoms with van der Waals surface area (Å²) >= 11 is 6.00. The van der Waals surface area contributed by atoms with Crippen molar-refractivity contribution in [1.29, 1.82) is 0 Å². The summed E-state index contributed by atoms with van der Waals surface area (Å²) in [6.07, 6.45) is 5.63. The van der Waals surface area contributed by atoms with Crippen molar-refractivity contribution in [2.45, 2.75) is 38.9 Å². The summed E-state index contributed by atoms with van der Waals surface area (Å²) in [5.74, 6) is 6.41. The number of amides is 1. The van der Waals surface area contributed by atoms with Crippen molar-refractivity contribution in [3.8, 4) is 11.8 Å². The van der Waals surface area contributed by atoms with Crippen LogP contribution in [-0.2, 0) is 11.2 Å². The fourth-order valence-corrected chi connectivity index (χ4v) is 4.24. The maximum atomic E-state index is 12.8. The second kappa shape index (κ2) is 11.2. The first-order chi connectivity index (χ1) is 16.5. The number of aromatic amines is 1. The third-order valence-corrected chi connectivity index (χ3v) is 5.94. The third-order valence-electron chi connectivity index (χ3n) is 5.69. The number of ether oxygens (including phenoxy) is 1. The number of rotatable bonds is 6. The SMILES string of the molecule is C[C@@H]1CN(c2ccc(C(=O)NCCCc3cn[nH]c3)cc2C#Cc2ccc(Cl)cc2)C[C@H](C)O1. The molecule has 0 bridgehead atoms. The van der Waals surface area contributed by atoms with E-state index in [0.29, 0.717) is 17.1 Å². The van der Waals surface area contributed by atoms with Crippen molar-refractivity contribution in [2.24, 2.45) is 0 Å². The zero-order valence-corrected chi connectivity index (χ0v) is 20.2. The highest BCUT2D eigenvalue weighted by Gasteiger charge is 2.24. The Labute approximate surface area is 205 Å². The highest BCUT2D eigenvalue weighted by Crippen LogP contribution is 2.25. The van der Waals surface area contributed by atoms with E-state index in [-0.39, 0.29) is 18.1 Å². The summed E-state index contributed by atoms with van der Waals surface area (Å²) < 4.78 is 5.90. The van der Waals surface area contributed by atoms with Crippen LogP contribution < -0.4 is 10.2 Å². The van der Waals surface area contributed by atoms with Gasteiger partial charge in [0.05, 0.1) is 24.1 Å². The van der Waals surface area contributed by atoms with E-state index < -0.39 is 0 Å². The van der Waals surface area contributed by atoms with Crippen LogP contribution >= 0.6 is 11.6 Å². The van der Waals surface area contributed by atoms with Crippen molar-refractivity contribution in [2.75, 3.05) is 24.5 Å². The Hall–Kier alpha value is -3.27. The molecule has 0 aliphatic carbocycles. The minimum Gasteiger partial charge on any atom is -0.372 e. The van der Waals surface area contributed by atoms with Gasteiger partial charge in [0, 0.05) is 47.5 Å². The van der Waals surface area contributed by atoms with Gasteiger partial charge in [-0.25, -0.2) is 0 Å². The summed E-state index contributed by atoms with van der Waals surface area (Å²) in [4.78, 5) is 15.1. The summed E-state index contributed by atoms with van der Waals surface area (Å²) in [5.41, 5.74) is 4.43. The number of anilines is 1. The molecule has 2 atom stereocenters. The maximum Gasteiger partial charge on any atom is 0.251 e. The topological polar surface area (TPSA) is 70.2 Å². The summed E-state index contributed by atoms with van der Waals surface area (Å²) in [7, 11) is 0. The Balaban J connectivity index is 1.53. The van der Waals surface area contributed by atoms with E-state index in [4.69, 9.17) is 16.3 Å². The Morgan fingerprint density at radius 1 is 1.18 bits per heavy atom. The van der Waals surface area contributed by atoms with E-state index in [1.54, 1.807) is 6.20 Å². The molecule has 1 saturated heterocycles. The van der Waals surface area contributed by atoms with Crippen LogP contribution in [-0.4, -0.2) is 47.9 Å². The molecule has 0 spiro atoms. The number of carbonyl (C=O) groups excluding carboxylic acids is 1. The molecule has 7 heteroatoms. The van der Waals surface area contributed by atoms with Crippen LogP contribution in [0.25, 0.3) is 0 Å². The van der Waals surface area contributed by atoms with Crippen LogP contribution in [0.5, 0.6) is 0 Å². The zero-order chi connectivity index (χ0) is 23.9. The molecule has 0 saturated carbocycles. The summed E-state index contributed by atoms with van der Waals surface area (Å²) in [6, 6.07) is 13.2.